The maximum absolute atomic E-state index is 12.7. The molecule has 1 rings (SSSR count). The van der Waals surface area contributed by atoms with Gasteiger partial charge in [0.15, 0.2) is 0 Å². The van der Waals surface area contributed by atoms with E-state index >= 15 is 0 Å². The lowest BCUT2D eigenvalue weighted by atomic mass is 10.1. The molecule has 112 valence electrons. The monoisotopic (exact) mass is 309 g/mol. The van der Waals surface area contributed by atoms with Crippen molar-refractivity contribution in [3.8, 4) is 0 Å². The van der Waals surface area contributed by atoms with E-state index < -0.39 is 28.8 Å². The summed E-state index contributed by atoms with van der Waals surface area (Å²) in [6, 6.07) is 3.04. The van der Waals surface area contributed by atoms with Gasteiger partial charge in [0, 0.05) is 19.2 Å². The molecule has 0 aromatic heterocycles. The fourth-order valence-corrected chi connectivity index (χ4v) is 1.80. The molecular formula is C13H15ClF3NO2. The van der Waals surface area contributed by atoms with Crippen molar-refractivity contribution in [2.45, 2.75) is 25.6 Å². The molecule has 0 spiro atoms. The molecule has 0 aliphatic rings. The van der Waals surface area contributed by atoms with Crippen LogP contribution in [-0.4, -0.2) is 35.6 Å². The summed E-state index contributed by atoms with van der Waals surface area (Å²) in [7, 11) is 1.46. The topological polar surface area (TPSA) is 40.5 Å². The number of benzene rings is 1. The van der Waals surface area contributed by atoms with Gasteiger partial charge in [0.2, 0.25) is 0 Å². The molecule has 0 saturated heterocycles. The van der Waals surface area contributed by atoms with Crippen LogP contribution in [-0.2, 0) is 6.18 Å². The first-order chi connectivity index (χ1) is 9.12. The van der Waals surface area contributed by atoms with E-state index in [1.165, 1.54) is 18.0 Å². The molecule has 1 unspecified atom stereocenters. The van der Waals surface area contributed by atoms with Crippen molar-refractivity contribution in [3.05, 3.63) is 34.3 Å². The summed E-state index contributed by atoms with van der Waals surface area (Å²) in [6.45, 7) is 1.82. The van der Waals surface area contributed by atoms with E-state index in [1.807, 2.05) is 0 Å². The van der Waals surface area contributed by atoms with E-state index in [-0.39, 0.29) is 12.1 Å². The number of rotatable bonds is 4. The zero-order chi connectivity index (χ0) is 15.5. The van der Waals surface area contributed by atoms with E-state index in [4.69, 9.17) is 16.7 Å². The van der Waals surface area contributed by atoms with Crippen LogP contribution in [0.15, 0.2) is 18.2 Å². The van der Waals surface area contributed by atoms with Crippen molar-refractivity contribution < 1.29 is 23.1 Å². The van der Waals surface area contributed by atoms with Crippen molar-refractivity contribution in [2.24, 2.45) is 0 Å². The summed E-state index contributed by atoms with van der Waals surface area (Å²) < 4.78 is 38.1. The Bertz CT molecular complexity index is 489. The van der Waals surface area contributed by atoms with Gasteiger partial charge in [-0.15, -0.1) is 0 Å². The summed E-state index contributed by atoms with van der Waals surface area (Å²) in [5, 5.41) is 8.69. The Balaban J connectivity index is 2.94. The number of hydrogen-bond donors (Lipinski definition) is 1. The maximum atomic E-state index is 12.7. The lowest BCUT2D eigenvalue weighted by molar-refractivity contribution is -0.137. The fourth-order valence-electron chi connectivity index (χ4n) is 1.58. The molecule has 0 radical (unpaired) electrons. The Morgan fingerprint density at radius 1 is 1.45 bits per heavy atom. The van der Waals surface area contributed by atoms with Crippen LogP contribution < -0.4 is 0 Å². The van der Waals surface area contributed by atoms with Crippen LogP contribution in [0.1, 0.15) is 29.3 Å². The van der Waals surface area contributed by atoms with Crippen molar-refractivity contribution in [2.75, 3.05) is 13.6 Å². The molecule has 1 atom stereocenters. The zero-order valence-electron chi connectivity index (χ0n) is 11.0. The van der Waals surface area contributed by atoms with E-state index in [0.717, 1.165) is 12.1 Å². The first kappa shape index (κ1) is 16.8. The van der Waals surface area contributed by atoms with Gasteiger partial charge in [0.25, 0.3) is 5.91 Å². The molecule has 20 heavy (non-hydrogen) atoms. The molecule has 1 N–H and O–H groups in total. The summed E-state index contributed by atoms with van der Waals surface area (Å²) >= 11 is 5.49. The lowest BCUT2D eigenvalue weighted by Crippen LogP contribution is -2.29. The zero-order valence-corrected chi connectivity index (χ0v) is 11.8. The Kier molecular flexibility index (Phi) is 5.42. The lowest BCUT2D eigenvalue weighted by Gasteiger charge is -2.19. The van der Waals surface area contributed by atoms with E-state index in [0.29, 0.717) is 6.42 Å². The number of carbonyl (C=O) groups excluding carboxylic acids is 1. The average molecular weight is 310 g/mol. The van der Waals surface area contributed by atoms with Crippen molar-refractivity contribution in [3.63, 3.8) is 0 Å². The third-order valence-electron chi connectivity index (χ3n) is 2.75. The smallest absolute Gasteiger partial charge is 0.393 e. The fraction of sp³-hybridized carbons (Fsp3) is 0.462. The highest BCUT2D eigenvalue weighted by Gasteiger charge is 2.34. The first-order valence-corrected chi connectivity index (χ1v) is 6.31. The molecule has 7 heteroatoms. The van der Waals surface area contributed by atoms with Crippen molar-refractivity contribution in [1.29, 1.82) is 0 Å². The Labute approximate surface area is 120 Å². The summed E-state index contributed by atoms with van der Waals surface area (Å²) in [5.41, 5.74) is -1.12. The molecule has 1 aromatic rings. The first-order valence-electron chi connectivity index (χ1n) is 5.93. The van der Waals surface area contributed by atoms with Crippen molar-refractivity contribution >= 4 is 17.5 Å². The van der Waals surface area contributed by atoms with Gasteiger partial charge in [-0.2, -0.15) is 13.2 Å². The predicted octanol–water partition coefficient (Wildman–Crippen LogP) is 3.20. The van der Waals surface area contributed by atoms with Crippen LogP contribution in [0, 0.1) is 0 Å². The number of aliphatic hydroxyl groups is 1. The standard InChI is InChI=1S/C13H15ClF3NO2/c1-8(19)5-6-18(2)12(20)9-3-4-11(14)10(7-9)13(15,16)17/h3-4,7-8,19H,5-6H2,1-2H3. The molecule has 0 heterocycles. The molecule has 0 aliphatic carbocycles. The number of amides is 1. The molecule has 0 bridgehead atoms. The quantitative estimate of drug-likeness (QED) is 0.928. The normalized spacial score (nSPS) is 13.2. The van der Waals surface area contributed by atoms with E-state index in [2.05, 4.69) is 0 Å². The van der Waals surface area contributed by atoms with Crippen LogP contribution in [0.25, 0.3) is 0 Å². The summed E-state index contributed by atoms with van der Waals surface area (Å²) in [4.78, 5) is 13.2. The Morgan fingerprint density at radius 3 is 2.55 bits per heavy atom. The van der Waals surface area contributed by atoms with E-state index in [9.17, 15) is 18.0 Å². The molecule has 3 nitrogen and oxygen atoms in total. The molecule has 1 aromatic carbocycles. The van der Waals surface area contributed by atoms with Gasteiger partial charge in [-0.1, -0.05) is 11.6 Å². The van der Waals surface area contributed by atoms with E-state index in [1.54, 1.807) is 6.92 Å². The summed E-state index contributed by atoms with van der Waals surface area (Å²) in [6.07, 6.45) is -4.84. The maximum Gasteiger partial charge on any atom is 0.417 e. The van der Waals surface area contributed by atoms with Gasteiger partial charge in [-0.05, 0) is 31.5 Å². The minimum atomic E-state index is -4.61. The predicted molar refractivity (Wildman–Crippen MR) is 69.7 cm³/mol. The largest absolute Gasteiger partial charge is 0.417 e. The highest BCUT2D eigenvalue weighted by Crippen LogP contribution is 2.35. The SMILES string of the molecule is CC(O)CCN(C)C(=O)c1ccc(Cl)c(C(F)(F)F)c1. The van der Waals surface area contributed by atoms with Gasteiger partial charge in [-0.3, -0.25) is 4.79 Å². The van der Waals surface area contributed by atoms with Gasteiger partial charge in [-0.25, -0.2) is 0 Å². The van der Waals surface area contributed by atoms with Gasteiger partial charge in [0.05, 0.1) is 16.7 Å². The second-order valence-electron chi connectivity index (χ2n) is 4.56. The minimum Gasteiger partial charge on any atom is -0.393 e. The molecular weight excluding hydrogens is 295 g/mol. The number of nitrogens with zero attached hydrogens (tertiary/aromatic N) is 1. The summed E-state index contributed by atoms with van der Waals surface area (Å²) in [5.74, 6) is -0.548. The molecule has 0 aliphatic heterocycles. The second-order valence-corrected chi connectivity index (χ2v) is 4.96. The van der Waals surface area contributed by atoms with Crippen LogP contribution in [0.5, 0.6) is 0 Å². The van der Waals surface area contributed by atoms with Crippen LogP contribution >= 0.6 is 11.6 Å². The van der Waals surface area contributed by atoms with Gasteiger partial charge < -0.3 is 10.0 Å². The minimum absolute atomic E-state index is 0.0881. The highest BCUT2D eigenvalue weighted by atomic mass is 35.5. The van der Waals surface area contributed by atoms with Crippen molar-refractivity contribution in [1.82, 2.24) is 4.90 Å². The second kappa shape index (κ2) is 6.45. The van der Waals surface area contributed by atoms with Gasteiger partial charge in [0.1, 0.15) is 0 Å². The average Bonchev–Trinajstić information content (AvgIpc) is 2.34. The number of alkyl halides is 3. The molecule has 0 saturated carbocycles. The number of hydrogen-bond acceptors (Lipinski definition) is 2. The Hall–Kier alpha value is -1.27. The van der Waals surface area contributed by atoms with Gasteiger partial charge >= 0.3 is 6.18 Å². The third-order valence-corrected chi connectivity index (χ3v) is 3.08. The Morgan fingerprint density at radius 2 is 2.05 bits per heavy atom. The van der Waals surface area contributed by atoms with Crippen LogP contribution in [0.4, 0.5) is 13.2 Å². The highest BCUT2D eigenvalue weighted by molar-refractivity contribution is 6.31. The molecule has 0 fully saturated rings. The third kappa shape index (κ3) is 4.38. The number of halogens is 4. The van der Waals surface area contributed by atoms with Crippen LogP contribution in [0.3, 0.4) is 0 Å². The number of aliphatic hydroxyl groups excluding tert-OH is 1. The number of carbonyl (C=O) groups is 1. The van der Waals surface area contributed by atoms with Crippen LogP contribution in [0.2, 0.25) is 5.02 Å². The molecule has 1 amide bonds.